The van der Waals surface area contributed by atoms with E-state index < -0.39 is 17.2 Å². The van der Waals surface area contributed by atoms with Crippen molar-refractivity contribution < 1.29 is 4.39 Å². The Bertz CT molecular complexity index is 862. The quantitative estimate of drug-likeness (QED) is 0.857. The maximum atomic E-state index is 13.8. The fourth-order valence-corrected chi connectivity index (χ4v) is 3.95. The lowest BCUT2D eigenvalue weighted by atomic mass is 9.57. The van der Waals surface area contributed by atoms with Crippen LogP contribution in [0.3, 0.4) is 0 Å². The van der Waals surface area contributed by atoms with Gasteiger partial charge in [-0.15, -0.1) is 0 Å². The van der Waals surface area contributed by atoms with Crippen LogP contribution in [0.1, 0.15) is 30.7 Å². The van der Waals surface area contributed by atoms with E-state index in [2.05, 4.69) is 6.07 Å². The lowest BCUT2D eigenvalue weighted by Gasteiger charge is -2.43. The minimum Gasteiger partial charge on any atom is -0.399 e. The van der Waals surface area contributed by atoms with Crippen LogP contribution in [-0.4, -0.2) is 0 Å². The van der Waals surface area contributed by atoms with Crippen molar-refractivity contribution >= 4 is 0 Å². The fraction of sp³-hybridized carbons (Fsp3) is 0.316. The second kappa shape index (κ2) is 5.84. The molecule has 1 aromatic rings. The Morgan fingerprint density at radius 1 is 1.21 bits per heavy atom. The van der Waals surface area contributed by atoms with Crippen LogP contribution in [0.2, 0.25) is 0 Å². The SMILES string of the molecule is N#CC1=C(N)C(C#N)(C#N)[C@H](c2cccc(F)c2)[C@H]2CCCC=C12. The Morgan fingerprint density at radius 2 is 1.96 bits per heavy atom. The van der Waals surface area contributed by atoms with Gasteiger partial charge >= 0.3 is 0 Å². The fourth-order valence-electron chi connectivity index (χ4n) is 3.95. The molecule has 1 aromatic carbocycles. The Morgan fingerprint density at radius 3 is 2.58 bits per heavy atom. The highest BCUT2D eigenvalue weighted by atomic mass is 19.1. The third-order valence-electron chi connectivity index (χ3n) is 5.01. The van der Waals surface area contributed by atoms with Crippen LogP contribution >= 0.6 is 0 Å². The molecule has 0 heterocycles. The van der Waals surface area contributed by atoms with Crippen LogP contribution in [0.15, 0.2) is 47.2 Å². The molecule has 0 radical (unpaired) electrons. The van der Waals surface area contributed by atoms with E-state index in [-0.39, 0.29) is 17.2 Å². The number of hydrogen-bond donors (Lipinski definition) is 1. The number of nitrogens with two attached hydrogens (primary N) is 1. The predicted molar refractivity (Wildman–Crippen MR) is 85.1 cm³/mol. The largest absolute Gasteiger partial charge is 0.399 e. The first-order valence-corrected chi connectivity index (χ1v) is 7.77. The first-order chi connectivity index (χ1) is 11.6. The summed E-state index contributed by atoms with van der Waals surface area (Å²) in [7, 11) is 0. The Kier molecular flexibility index (Phi) is 3.84. The minimum absolute atomic E-state index is 0.0198. The monoisotopic (exact) mass is 318 g/mol. The lowest BCUT2D eigenvalue weighted by Crippen LogP contribution is -2.42. The molecular formula is C19H15FN4. The highest BCUT2D eigenvalue weighted by Crippen LogP contribution is 2.55. The average Bonchev–Trinajstić information content (AvgIpc) is 2.61. The van der Waals surface area contributed by atoms with Crippen molar-refractivity contribution in [1.29, 1.82) is 15.8 Å². The number of benzene rings is 1. The second-order valence-corrected chi connectivity index (χ2v) is 6.16. The van der Waals surface area contributed by atoms with E-state index in [1.807, 2.05) is 18.2 Å². The molecule has 0 aliphatic heterocycles. The summed E-state index contributed by atoms with van der Waals surface area (Å²) in [5.74, 6) is -1.21. The average molecular weight is 318 g/mol. The van der Waals surface area contributed by atoms with E-state index >= 15 is 0 Å². The molecular weight excluding hydrogens is 303 g/mol. The van der Waals surface area contributed by atoms with Gasteiger partial charge in [-0.1, -0.05) is 18.2 Å². The van der Waals surface area contributed by atoms with Crippen molar-refractivity contribution in [3.05, 3.63) is 58.6 Å². The van der Waals surface area contributed by atoms with Crippen LogP contribution in [0, 0.1) is 51.1 Å². The van der Waals surface area contributed by atoms with Gasteiger partial charge in [0.25, 0.3) is 0 Å². The lowest BCUT2D eigenvalue weighted by molar-refractivity contribution is 0.317. The van der Waals surface area contributed by atoms with Gasteiger partial charge < -0.3 is 5.73 Å². The number of fused-ring (bicyclic) bond motifs is 1. The molecule has 5 heteroatoms. The van der Waals surface area contributed by atoms with Crippen molar-refractivity contribution in [3.63, 3.8) is 0 Å². The van der Waals surface area contributed by atoms with E-state index in [1.165, 1.54) is 12.1 Å². The predicted octanol–water partition coefficient (Wildman–Crippen LogP) is 3.42. The highest BCUT2D eigenvalue weighted by Gasteiger charge is 2.53. The summed E-state index contributed by atoms with van der Waals surface area (Å²) in [4.78, 5) is 0. The van der Waals surface area contributed by atoms with Gasteiger partial charge in [0.15, 0.2) is 5.41 Å². The maximum Gasteiger partial charge on any atom is 0.191 e. The Labute approximate surface area is 139 Å². The van der Waals surface area contributed by atoms with Gasteiger partial charge in [0.05, 0.1) is 23.4 Å². The summed E-state index contributed by atoms with van der Waals surface area (Å²) in [6.07, 6.45) is 4.42. The van der Waals surface area contributed by atoms with E-state index in [9.17, 15) is 20.2 Å². The zero-order chi connectivity index (χ0) is 17.3. The van der Waals surface area contributed by atoms with Crippen LogP contribution in [0.4, 0.5) is 4.39 Å². The number of nitrogens with zero attached hydrogens (tertiary/aromatic N) is 3. The summed E-state index contributed by atoms with van der Waals surface area (Å²) in [6.45, 7) is 0. The van der Waals surface area contributed by atoms with Crippen LogP contribution in [0.5, 0.6) is 0 Å². The number of nitriles is 3. The summed E-state index contributed by atoms with van der Waals surface area (Å²) in [6, 6.07) is 12.1. The zero-order valence-electron chi connectivity index (χ0n) is 13.0. The third-order valence-corrected chi connectivity index (χ3v) is 5.01. The molecule has 2 aliphatic carbocycles. The topological polar surface area (TPSA) is 97.4 Å². The van der Waals surface area contributed by atoms with Crippen molar-refractivity contribution in [2.75, 3.05) is 0 Å². The number of rotatable bonds is 1. The summed E-state index contributed by atoms with van der Waals surface area (Å²) < 4.78 is 13.8. The van der Waals surface area contributed by atoms with Gasteiger partial charge in [-0.25, -0.2) is 4.39 Å². The number of halogens is 1. The van der Waals surface area contributed by atoms with Crippen molar-refractivity contribution in [3.8, 4) is 18.2 Å². The van der Waals surface area contributed by atoms with Crippen molar-refractivity contribution in [2.24, 2.45) is 17.1 Å². The first-order valence-electron chi connectivity index (χ1n) is 7.77. The molecule has 3 rings (SSSR count). The summed E-state index contributed by atoms with van der Waals surface area (Å²) in [5, 5.41) is 29.1. The molecule has 2 atom stereocenters. The molecule has 0 spiro atoms. The van der Waals surface area contributed by atoms with Gasteiger partial charge in [0, 0.05) is 5.92 Å². The van der Waals surface area contributed by atoms with Crippen molar-refractivity contribution in [1.82, 2.24) is 0 Å². The van der Waals surface area contributed by atoms with Gasteiger partial charge in [0.1, 0.15) is 11.9 Å². The van der Waals surface area contributed by atoms with Crippen molar-refractivity contribution in [2.45, 2.75) is 25.2 Å². The first kappa shape index (κ1) is 15.8. The van der Waals surface area contributed by atoms with Gasteiger partial charge in [0.2, 0.25) is 0 Å². The maximum absolute atomic E-state index is 13.8. The highest BCUT2D eigenvalue weighted by molar-refractivity contribution is 5.59. The molecule has 0 bridgehead atoms. The molecule has 4 nitrogen and oxygen atoms in total. The number of hydrogen-bond acceptors (Lipinski definition) is 4. The molecule has 2 aliphatic rings. The summed E-state index contributed by atoms with van der Waals surface area (Å²) in [5.41, 5.74) is 6.04. The molecule has 118 valence electrons. The molecule has 0 unspecified atom stereocenters. The van der Waals surface area contributed by atoms with E-state index in [0.29, 0.717) is 5.56 Å². The molecule has 0 saturated carbocycles. The second-order valence-electron chi connectivity index (χ2n) is 6.16. The van der Waals surface area contributed by atoms with E-state index in [0.717, 1.165) is 24.8 Å². The Hall–Kier alpha value is -3.10. The van der Waals surface area contributed by atoms with E-state index in [1.54, 1.807) is 12.1 Å². The summed E-state index contributed by atoms with van der Waals surface area (Å²) >= 11 is 0. The smallest absolute Gasteiger partial charge is 0.191 e. The molecule has 0 fully saturated rings. The normalized spacial score (nSPS) is 24.8. The van der Waals surface area contributed by atoms with Crippen LogP contribution in [0.25, 0.3) is 0 Å². The molecule has 0 amide bonds. The molecule has 24 heavy (non-hydrogen) atoms. The number of allylic oxidation sites excluding steroid dienone is 4. The van der Waals surface area contributed by atoms with Gasteiger partial charge in [-0.05, 0) is 48.4 Å². The Balaban J connectivity index is 2.34. The van der Waals surface area contributed by atoms with Gasteiger partial charge in [-0.3, -0.25) is 0 Å². The van der Waals surface area contributed by atoms with Gasteiger partial charge in [-0.2, -0.15) is 15.8 Å². The molecule has 2 N–H and O–H groups in total. The van der Waals surface area contributed by atoms with E-state index in [4.69, 9.17) is 5.73 Å². The molecule has 0 aromatic heterocycles. The molecule has 0 saturated heterocycles. The minimum atomic E-state index is -1.67. The third kappa shape index (κ3) is 2.08. The zero-order valence-corrected chi connectivity index (χ0v) is 13.0. The van der Waals surface area contributed by atoms with Crippen LogP contribution in [-0.2, 0) is 0 Å². The standard InChI is InChI=1S/C19H15FN4/c20-13-5-3-4-12(8-13)17-15-7-2-1-6-14(15)16(9-21)18(24)19(17,10-22)11-23/h3-6,8,15,17H,1-2,7,24H2/t15-,17+/m0/s1. The van der Waals surface area contributed by atoms with Crippen LogP contribution < -0.4 is 5.73 Å².